The second kappa shape index (κ2) is 6.77. The monoisotopic (exact) mass is 307 g/mol. The Kier molecular flexibility index (Phi) is 4.76. The van der Waals surface area contributed by atoms with Crippen molar-refractivity contribution in [1.82, 2.24) is 15.2 Å². The zero-order valence-corrected chi connectivity index (χ0v) is 13.5. The molecule has 3 rings (SSSR count). The molecule has 1 saturated heterocycles. The van der Waals surface area contributed by atoms with Crippen LogP contribution in [-0.4, -0.2) is 46.4 Å². The largest absolute Gasteiger partial charge is 0.371 e. The molecule has 0 aromatic carbocycles. The predicted molar refractivity (Wildman–Crippen MR) is 80.2 cm³/mol. The van der Waals surface area contributed by atoms with Crippen LogP contribution in [0.1, 0.15) is 50.4 Å². The van der Waals surface area contributed by atoms with Crippen molar-refractivity contribution < 1.29 is 14.2 Å². The van der Waals surface area contributed by atoms with Gasteiger partial charge in [-0.05, 0) is 32.1 Å². The van der Waals surface area contributed by atoms with Gasteiger partial charge in [-0.25, -0.2) is 4.63 Å². The molecule has 1 amide bonds. The van der Waals surface area contributed by atoms with Crippen LogP contribution in [0.2, 0.25) is 0 Å². The highest BCUT2D eigenvalue weighted by Gasteiger charge is 2.39. The lowest BCUT2D eigenvalue weighted by molar-refractivity contribution is -0.147. The Morgan fingerprint density at radius 3 is 2.77 bits per heavy atom. The van der Waals surface area contributed by atoms with E-state index in [0.29, 0.717) is 23.9 Å². The first-order valence-corrected chi connectivity index (χ1v) is 8.38. The third kappa shape index (κ3) is 3.66. The normalized spacial score (nSPS) is 25.5. The lowest BCUT2D eigenvalue weighted by Crippen LogP contribution is -2.51. The predicted octanol–water partition coefficient (Wildman–Crippen LogP) is 2.12. The highest BCUT2D eigenvalue weighted by Crippen LogP contribution is 2.37. The second-order valence-corrected chi connectivity index (χ2v) is 6.55. The first-order valence-electron chi connectivity index (χ1n) is 8.38. The average molecular weight is 307 g/mol. The van der Waals surface area contributed by atoms with Crippen molar-refractivity contribution in [2.24, 2.45) is 5.92 Å². The number of unbranched alkanes of at least 4 members (excludes halogenated alkanes) is 1. The summed E-state index contributed by atoms with van der Waals surface area (Å²) in [7, 11) is 0. The van der Waals surface area contributed by atoms with Crippen LogP contribution in [0.15, 0.2) is 4.63 Å². The molecule has 2 fully saturated rings. The van der Waals surface area contributed by atoms with E-state index >= 15 is 0 Å². The second-order valence-electron chi connectivity index (χ2n) is 6.55. The molecular weight excluding hydrogens is 282 g/mol. The Morgan fingerprint density at radius 2 is 2.14 bits per heavy atom. The van der Waals surface area contributed by atoms with E-state index in [1.165, 1.54) is 12.8 Å². The number of nitrogens with zero attached hydrogens (tertiary/aromatic N) is 3. The van der Waals surface area contributed by atoms with Crippen LogP contribution in [0.3, 0.4) is 0 Å². The molecule has 22 heavy (non-hydrogen) atoms. The van der Waals surface area contributed by atoms with Gasteiger partial charge < -0.3 is 9.64 Å². The minimum atomic E-state index is 0.106. The fraction of sp³-hybridized carbons (Fsp3) is 0.812. The van der Waals surface area contributed by atoms with Gasteiger partial charge in [-0.15, -0.1) is 0 Å². The molecule has 2 atom stereocenters. The summed E-state index contributed by atoms with van der Waals surface area (Å²) in [4.78, 5) is 14.5. The van der Waals surface area contributed by atoms with Gasteiger partial charge in [-0.2, -0.15) is 0 Å². The van der Waals surface area contributed by atoms with E-state index in [1.807, 2.05) is 11.8 Å². The third-order valence-electron chi connectivity index (χ3n) is 4.64. The van der Waals surface area contributed by atoms with E-state index in [9.17, 15) is 4.79 Å². The number of morpholine rings is 1. The maximum absolute atomic E-state index is 12.6. The van der Waals surface area contributed by atoms with E-state index in [2.05, 4.69) is 21.9 Å². The number of carbonyl (C=O) groups is 1. The highest BCUT2D eigenvalue weighted by atomic mass is 16.6. The number of hydrogen-bond donors (Lipinski definition) is 0. The number of aryl methyl sites for hydroxylation is 1. The van der Waals surface area contributed by atoms with Crippen LogP contribution in [-0.2, 0) is 16.0 Å². The maximum Gasteiger partial charge on any atom is 0.228 e. The molecule has 0 unspecified atom stereocenters. The van der Waals surface area contributed by atoms with Gasteiger partial charge in [0.15, 0.2) is 0 Å². The van der Waals surface area contributed by atoms with Crippen LogP contribution in [0.5, 0.6) is 0 Å². The van der Waals surface area contributed by atoms with Gasteiger partial charge in [-0.1, -0.05) is 30.1 Å². The van der Waals surface area contributed by atoms with E-state index in [0.717, 1.165) is 25.8 Å². The molecular formula is C16H25N3O3. The molecule has 1 aliphatic heterocycles. The summed E-state index contributed by atoms with van der Waals surface area (Å²) < 4.78 is 10.9. The Labute approximate surface area is 131 Å². The number of ether oxygens (including phenoxy) is 1. The number of hydrogen-bond acceptors (Lipinski definition) is 5. The summed E-state index contributed by atoms with van der Waals surface area (Å²) >= 11 is 0. The van der Waals surface area contributed by atoms with Crippen molar-refractivity contribution in [3.63, 3.8) is 0 Å². The minimum absolute atomic E-state index is 0.106. The van der Waals surface area contributed by atoms with Crippen molar-refractivity contribution in [3.8, 4) is 0 Å². The van der Waals surface area contributed by atoms with Crippen LogP contribution in [0, 0.1) is 12.8 Å². The van der Waals surface area contributed by atoms with E-state index < -0.39 is 0 Å². The molecule has 2 aliphatic rings. The Morgan fingerprint density at radius 1 is 1.32 bits per heavy atom. The molecule has 2 heterocycles. The average Bonchev–Trinajstić information content (AvgIpc) is 3.30. The summed E-state index contributed by atoms with van der Waals surface area (Å²) in [5, 5.41) is 7.56. The standard InChI is InChI=1S/C16H25N3O3/c1-3-4-5-13-9-19(10-15(21-13)12-6-7-12)16(20)8-14-11(2)17-22-18-14/h12-13,15H,3-10H2,1-2H3/t13-,15-/m1/s1. The highest BCUT2D eigenvalue weighted by molar-refractivity contribution is 5.78. The quantitative estimate of drug-likeness (QED) is 0.805. The Hall–Kier alpha value is -1.43. The molecule has 0 radical (unpaired) electrons. The van der Waals surface area contributed by atoms with Gasteiger partial charge >= 0.3 is 0 Å². The first-order chi connectivity index (χ1) is 10.7. The summed E-state index contributed by atoms with van der Waals surface area (Å²) in [6, 6.07) is 0. The van der Waals surface area contributed by atoms with Gasteiger partial charge in [-0.3, -0.25) is 4.79 Å². The fourth-order valence-electron chi connectivity index (χ4n) is 3.06. The lowest BCUT2D eigenvalue weighted by Gasteiger charge is -2.38. The van der Waals surface area contributed by atoms with E-state index in [-0.39, 0.29) is 24.5 Å². The molecule has 1 aromatic heterocycles. The Bertz CT molecular complexity index is 512. The number of aromatic nitrogens is 2. The third-order valence-corrected chi connectivity index (χ3v) is 4.64. The van der Waals surface area contributed by atoms with Crippen molar-refractivity contribution >= 4 is 5.91 Å². The summed E-state index contributed by atoms with van der Waals surface area (Å²) in [6.45, 7) is 5.42. The SMILES string of the molecule is CCCC[C@@H]1CN(C(=O)Cc2nonc2C)C[C@H](C2CC2)O1. The zero-order chi connectivity index (χ0) is 15.5. The van der Waals surface area contributed by atoms with Crippen molar-refractivity contribution in [1.29, 1.82) is 0 Å². The number of amides is 1. The molecule has 122 valence electrons. The summed E-state index contributed by atoms with van der Waals surface area (Å²) in [5.41, 5.74) is 1.34. The van der Waals surface area contributed by atoms with Gasteiger partial charge in [0.05, 0.1) is 18.6 Å². The minimum Gasteiger partial charge on any atom is -0.371 e. The molecule has 1 aromatic rings. The van der Waals surface area contributed by atoms with Crippen molar-refractivity contribution in [2.45, 2.75) is 64.6 Å². The number of carbonyl (C=O) groups excluding carboxylic acids is 1. The molecule has 6 nitrogen and oxygen atoms in total. The first kappa shape index (κ1) is 15.5. The molecule has 6 heteroatoms. The van der Waals surface area contributed by atoms with E-state index in [1.54, 1.807) is 0 Å². The Balaban J connectivity index is 1.62. The van der Waals surface area contributed by atoms with Crippen LogP contribution in [0.25, 0.3) is 0 Å². The van der Waals surface area contributed by atoms with Gasteiger partial charge in [0.1, 0.15) is 11.4 Å². The molecule has 0 N–H and O–H groups in total. The van der Waals surface area contributed by atoms with E-state index in [4.69, 9.17) is 4.74 Å². The van der Waals surface area contributed by atoms with Gasteiger partial charge in [0.25, 0.3) is 0 Å². The number of rotatable bonds is 6. The molecule has 1 saturated carbocycles. The lowest BCUT2D eigenvalue weighted by atomic mass is 10.1. The van der Waals surface area contributed by atoms with Gasteiger partial charge in [0.2, 0.25) is 5.91 Å². The van der Waals surface area contributed by atoms with Crippen LogP contribution < -0.4 is 0 Å². The maximum atomic E-state index is 12.6. The van der Waals surface area contributed by atoms with Crippen LogP contribution >= 0.6 is 0 Å². The molecule has 1 aliphatic carbocycles. The van der Waals surface area contributed by atoms with Crippen molar-refractivity contribution in [2.75, 3.05) is 13.1 Å². The summed E-state index contributed by atoms with van der Waals surface area (Å²) in [5.74, 6) is 0.754. The molecule has 0 bridgehead atoms. The zero-order valence-electron chi connectivity index (χ0n) is 13.5. The smallest absolute Gasteiger partial charge is 0.228 e. The van der Waals surface area contributed by atoms with Crippen molar-refractivity contribution in [3.05, 3.63) is 11.4 Å². The summed E-state index contributed by atoms with van der Waals surface area (Å²) in [6.07, 6.45) is 6.48. The fourth-order valence-corrected chi connectivity index (χ4v) is 3.06. The molecule has 0 spiro atoms. The van der Waals surface area contributed by atoms with Gasteiger partial charge in [0, 0.05) is 13.1 Å². The van der Waals surface area contributed by atoms with Crippen LogP contribution in [0.4, 0.5) is 0 Å². The topological polar surface area (TPSA) is 68.5 Å².